The molecule has 0 aliphatic heterocycles. The lowest BCUT2D eigenvalue weighted by atomic mass is 10.2. The fourth-order valence-corrected chi connectivity index (χ4v) is 2.31. The number of nitrogens with one attached hydrogen (secondary N) is 1. The number of rotatable bonds is 7. The molecule has 132 valence electrons. The van der Waals surface area contributed by atoms with E-state index in [1.807, 2.05) is 13.0 Å². The van der Waals surface area contributed by atoms with Crippen molar-refractivity contribution in [2.75, 3.05) is 11.9 Å². The molecule has 1 aromatic heterocycles. The summed E-state index contributed by atoms with van der Waals surface area (Å²) in [6.45, 7) is 4.07. The number of esters is 1. The molecule has 0 radical (unpaired) electrons. The third kappa shape index (κ3) is 4.93. The molecule has 0 aliphatic rings. The van der Waals surface area contributed by atoms with Crippen molar-refractivity contribution in [3.63, 3.8) is 0 Å². The smallest absolute Gasteiger partial charge is 0.342 e. The van der Waals surface area contributed by atoms with Crippen LogP contribution in [-0.2, 0) is 9.53 Å². The van der Waals surface area contributed by atoms with E-state index in [-0.39, 0.29) is 10.7 Å². The fraction of sp³-hybridized carbons (Fsp3) is 0.278. The standard InChI is InChI=1S/C18H19ClN2O4/c1-3-14(25-18(23)12-8-7-11-20-16(12)19)17(22)21-13-9-5-6-10-15(13)24-4-2/h5-11,14H,3-4H2,1-2H3,(H,21,22). The monoisotopic (exact) mass is 362 g/mol. The summed E-state index contributed by atoms with van der Waals surface area (Å²) in [6.07, 6.45) is 0.818. The molecule has 0 spiro atoms. The van der Waals surface area contributed by atoms with Gasteiger partial charge in [-0.15, -0.1) is 0 Å². The minimum absolute atomic E-state index is 0.0319. The van der Waals surface area contributed by atoms with Crippen molar-refractivity contribution in [3.8, 4) is 5.75 Å². The predicted molar refractivity (Wildman–Crippen MR) is 95.0 cm³/mol. The predicted octanol–water partition coefficient (Wildman–Crippen LogP) is 3.71. The highest BCUT2D eigenvalue weighted by molar-refractivity contribution is 6.32. The van der Waals surface area contributed by atoms with Crippen molar-refractivity contribution in [3.05, 3.63) is 53.3 Å². The Morgan fingerprint density at radius 1 is 1.20 bits per heavy atom. The van der Waals surface area contributed by atoms with Crippen molar-refractivity contribution < 1.29 is 19.1 Å². The van der Waals surface area contributed by atoms with E-state index in [0.717, 1.165) is 0 Å². The van der Waals surface area contributed by atoms with Crippen molar-refractivity contribution in [2.45, 2.75) is 26.4 Å². The van der Waals surface area contributed by atoms with Gasteiger partial charge in [0.15, 0.2) is 6.10 Å². The number of aromatic nitrogens is 1. The molecule has 1 heterocycles. The van der Waals surface area contributed by atoms with Gasteiger partial charge in [-0.05, 0) is 37.6 Å². The third-order valence-corrected chi connectivity index (χ3v) is 3.64. The van der Waals surface area contributed by atoms with Crippen LogP contribution in [0.3, 0.4) is 0 Å². The molecule has 1 amide bonds. The summed E-state index contributed by atoms with van der Waals surface area (Å²) in [6, 6.07) is 10.1. The molecule has 1 aromatic carbocycles. The Kier molecular flexibility index (Phi) is 6.77. The second-order valence-electron chi connectivity index (χ2n) is 5.06. The van der Waals surface area contributed by atoms with Crippen LogP contribution in [0.5, 0.6) is 5.75 Å². The Balaban J connectivity index is 2.09. The zero-order valence-corrected chi connectivity index (χ0v) is 14.7. The van der Waals surface area contributed by atoms with Gasteiger partial charge in [0.2, 0.25) is 0 Å². The van der Waals surface area contributed by atoms with E-state index in [0.29, 0.717) is 24.5 Å². The number of hydrogen-bond donors (Lipinski definition) is 1. The van der Waals surface area contributed by atoms with E-state index >= 15 is 0 Å². The van der Waals surface area contributed by atoms with E-state index in [2.05, 4.69) is 10.3 Å². The van der Waals surface area contributed by atoms with Gasteiger partial charge in [-0.1, -0.05) is 30.7 Å². The molecule has 2 aromatic rings. The molecule has 7 heteroatoms. The van der Waals surface area contributed by atoms with Crippen molar-refractivity contribution in [1.82, 2.24) is 4.98 Å². The molecule has 1 atom stereocenters. The topological polar surface area (TPSA) is 77.5 Å². The summed E-state index contributed by atoms with van der Waals surface area (Å²) < 4.78 is 10.8. The molecule has 0 aliphatic carbocycles. The van der Waals surface area contributed by atoms with Crippen LogP contribution in [0.1, 0.15) is 30.6 Å². The Morgan fingerprint density at radius 3 is 2.64 bits per heavy atom. The molecular weight excluding hydrogens is 344 g/mol. The van der Waals surface area contributed by atoms with Crippen LogP contribution in [0, 0.1) is 0 Å². The molecule has 0 saturated heterocycles. The maximum atomic E-state index is 12.5. The van der Waals surface area contributed by atoms with Gasteiger partial charge in [-0.2, -0.15) is 0 Å². The number of carbonyl (C=O) groups excluding carboxylic acids is 2. The average molecular weight is 363 g/mol. The maximum Gasteiger partial charge on any atom is 0.342 e. The number of ether oxygens (including phenoxy) is 2. The summed E-state index contributed by atoms with van der Waals surface area (Å²) in [5.41, 5.74) is 0.633. The SMILES string of the molecule is CCOc1ccccc1NC(=O)C(CC)OC(=O)c1cccnc1Cl. The zero-order valence-electron chi connectivity index (χ0n) is 14.0. The van der Waals surface area contributed by atoms with E-state index in [1.54, 1.807) is 31.2 Å². The summed E-state index contributed by atoms with van der Waals surface area (Å²) >= 11 is 5.88. The molecule has 25 heavy (non-hydrogen) atoms. The van der Waals surface area contributed by atoms with Crippen LogP contribution in [-0.4, -0.2) is 29.6 Å². The Hall–Kier alpha value is -2.60. The lowest BCUT2D eigenvalue weighted by Gasteiger charge is -2.17. The first-order valence-electron chi connectivity index (χ1n) is 7.91. The molecule has 1 unspecified atom stereocenters. The molecule has 0 saturated carbocycles. The first kappa shape index (κ1) is 18.7. The van der Waals surface area contributed by atoms with Gasteiger partial charge in [-0.3, -0.25) is 4.79 Å². The summed E-state index contributed by atoms with van der Waals surface area (Å²) in [4.78, 5) is 28.5. The van der Waals surface area contributed by atoms with Crippen LogP contribution in [0.25, 0.3) is 0 Å². The van der Waals surface area contributed by atoms with Crippen molar-refractivity contribution in [2.24, 2.45) is 0 Å². The molecule has 2 rings (SSSR count). The third-order valence-electron chi connectivity index (χ3n) is 3.34. The van der Waals surface area contributed by atoms with Gasteiger partial charge in [0.1, 0.15) is 10.9 Å². The molecule has 1 N–H and O–H groups in total. The number of benzene rings is 1. The van der Waals surface area contributed by atoms with Crippen LogP contribution in [0.2, 0.25) is 5.15 Å². The molecule has 0 fully saturated rings. The summed E-state index contributed by atoms with van der Waals surface area (Å²) in [7, 11) is 0. The number of nitrogens with zero attached hydrogens (tertiary/aromatic N) is 1. The molecule has 0 bridgehead atoms. The van der Waals surface area contributed by atoms with Gasteiger partial charge < -0.3 is 14.8 Å². The van der Waals surface area contributed by atoms with Crippen LogP contribution >= 0.6 is 11.6 Å². The number of hydrogen-bond acceptors (Lipinski definition) is 5. The lowest BCUT2D eigenvalue weighted by molar-refractivity contribution is -0.124. The van der Waals surface area contributed by atoms with Gasteiger partial charge in [-0.25, -0.2) is 9.78 Å². The largest absolute Gasteiger partial charge is 0.492 e. The van der Waals surface area contributed by atoms with Crippen molar-refractivity contribution in [1.29, 1.82) is 0 Å². The van der Waals surface area contributed by atoms with E-state index in [9.17, 15) is 9.59 Å². The number of para-hydroxylation sites is 2. The Bertz CT molecular complexity index is 751. The first-order chi connectivity index (χ1) is 12.1. The number of anilines is 1. The highest BCUT2D eigenvalue weighted by Crippen LogP contribution is 2.24. The highest BCUT2D eigenvalue weighted by Gasteiger charge is 2.24. The quantitative estimate of drug-likeness (QED) is 0.600. The molecule has 6 nitrogen and oxygen atoms in total. The minimum Gasteiger partial charge on any atom is -0.492 e. The lowest BCUT2D eigenvalue weighted by Crippen LogP contribution is -2.32. The normalized spacial score (nSPS) is 11.5. The fourth-order valence-electron chi connectivity index (χ4n) is 2.12. The van der Waals surface area contributed by atoms with E-state index < -0.39 is 18.0 Å². The maximum absolute atomic E-state index is 12.5. The van der Waals surface area contributed by atoms with Gasteiger partial charge >= 0.3 is 5.97 Å². The molecular formula is C18H19ClN2O4. The second kappa shape index (κ2) is 9.03. The van der Waals surface area contributed by atoms with Crippen molar-refractivity contribution >= 4 is 29.2 Å². The number of pyridine rings is 1. The van der Waals surface area contributed by atoms with Gasteiger partial charge in [0, 0.05) is 6.20 Å². The van der Waals surface area contributed by atoms with Crippen LogP contribution < -0.4 is 10.1 Å². The highest BCUT2D eigenvalue weighted by atomic mass is 35.5. The average Bonchev–Trinajstić information content (AvgIpc) is 2.61. The first-order valence-corrected chi connectivity index (χ1v) is 8.28. The Labute approximate surface area is 151 Å². The minimum atomic E-state index is -0.960. The van der Waals surface area contributed by atoms with Gasteiger partial charge in [0.05, 0.1) is 17.9 Å². The number of halogens is 1. The summed E-state index contributed by atoms with van der Waals surface area (Å²) in [5, 5.41) is 2.76. The van der Waals surface area contributed by atoms with Crippen LogP contribution in [0.4, 0.5) is 5.69 Å². The second-order valence-corrected chi connectivity index (χ2v) is 5.42. The summed E-state index contributed by atoms with van der Waals surface area (Å²) in [5.74, 6) is -0.587. The Morgan fingerprint density at radius 2 is 1.96 bits per heavy atom. The van der Waals surface area contributed by atoms with E-state index in [1.165, 1.54) is 12.3 Å². The number of carbonyl (C=O) groups is 2. The zero-order chi connectivity index (χ0) is 18.2. The number of amides is 1. The van der Waals surface area contributed by atoms with Crippen LogP contribution in [0.15, 0.2) is 42.6 Å². The van der Waals surface area contributed by atoms with E-state index in [4.69, 9.17) is 21.1 Å². The van der Waals surface area contributed by atoms with Gasteiger partial charge in [0.25, 0.3) is 5.91 Å².